The van der Waals surface area contributed by atoms with E-state index in [4.69, 9.17) is 0 Å². The molecule has 0 atom stereocenters. The Bertz CT molecular complexity index is 783. The zero-order chi connectivity index (χ0) is 16.1. The van der Waals surface area contributed by atoms with Gasteiger partial charge in [0.1, 0.15) is 0 Å². The second-order valence-corrected chi connectivity index (χ2v) is 6.17. The molecule has 0 fully saturated rings. The molecule has 3 aromatic rings. The molecule has 0 nitrogen and oxygen atoms in total. The first-order valence-electron chi connectivity index (χ1n) is 8.46. The summed E-state index contributed by atoms with van der Waals surface area (Å²) in [5.74, 6) is 0. The predicted molar refractivity (Wildman–Crippen MR) is 99.1 cm³/mol. The summed E-state index contributed by atoms with van der Waals surface area (Å²) in [4.78, 5) is 0. The van der Waals surface area contributed by atoms with E-state index < -0.39 is 0 Å². The van der Waals surface area contributed by atoms with Crippen LogP contribution in [0.4, 0.5) is 0 Å². The minimum Gasteiger partial charge on any atom is -0.0620 e. The van der Waals surface area contributed by atoms with Gasteiger partial charge >= 0.3 is 0 Å². The van der Waals surface area contributed by atoms with Gasteiger partial charge < -0.3 is 0 Å². The molecule has 0 amide bonds. The normalized spacial score (nSPS) is 10.7. The molecular formula is C23H24. The van der Waals surface area contributed by atoms with Gasteiger partial charge in [-0.2, -0.15) is 0 Å². The fraction of sp³-hybridized carbons (Fsp3) is 0.217. The molecule has 0 bridgehead atoms. The quantitative estimate of drug-likeness (QED) is 0.563. The molecule has 3 rings (SSSR count). The third-order valence-electron chi connectivity index (χ3n) is 4.64. The van der Waals surface area contributed by atoms with Gasteiger partial charge in [0.15, 0.2) is 0 Å². The molecule has 0 spiro atoms. The van der Waals surface area contributed by atoms with E-state index in [9.17, 15) is 0 Å². The summed E-state index contributed by atoms with van der Waals surface area (Å²) in [5, 5.41) is 0. The highest BCUT2D eigenvalue weighted by molar-refractivity contribution is 5.40. The van der Waals surface area contributed by atoms with Crippen molar-refractivity contribution in [1.29, 1.82) is 0 Å². The fourth-order valence-corrected chi connectivity index (χ4v) is 3.20. The maximum atomic E-state index is 2.28. The largest absolute Gasteiger partial charge is 0.0620 e. The van der Waals surface area contributed by atoms with E-state index in [-0.39, 0.29) is 0 Å². The molecule has 116 valence electrons. The third-order valence-corrected chi connectivity index (χ3v) is 4.64. The Hall–Kier alpha value is -2.34. The van der Waals surface area contributed by atoms with E-state index in [1.54, 1.807) is 0 Å². The molecule has 0 heteroatoms. The van der Waals surface area contributed by atoms with Gasteiger partial charge in [-0.15, -0.1) is 0 Å². The van der Waals surface area contributed by atoms with Crippen LogP contribution in [0.3, 0.4) is 0 Å². The lowest BCUT2D eigenvalue weighted by Gasteiger charge is -2.13. The summed E-state index contributed by atoms with van der Waals surface area (Å²) in [6, 6.07) is 26.4. The highest BCUT2D eigenvalue weighted by Crippen LogP contribution is 2.21. The number of hydrogen-bond acceptors (Lipinski definition) is 0. The van der Waals surface area contributed by atoms with Gasteiger partial charge in [0.2, 0.25) is 0 Å². The van der Waals surface area contributed by atoms with Crippen LogP contribution in [0.5, 0.6) is 0 Å². The van der Waals surface area contributed by atoms with Crippen molar-refractivity contribution in [2.24, 2.45) is 0 Å². The molecule has 0 saturated heterocycles. The Balaban J connectivity index is 1.91. The molecule has 3 aromatic carbocycles. The van der Waals surface area contributed by atoms with Crippen LogP contribution in [0.25, 0.3) is 0 Å². The van der Waals surface area contributed by atoms with Crippen LogP contribution in [0, 0.1) is 6.92 Å². The molecule has 0 radical (unpaired) electrons. The summed E-state index contributed by atoms with van der Waals surface area (Å²) in [6.45, 7) is 4.43. The number of aryl methyl sites for hydroxylation is 2. The van der Waals surface area contributed by atoms with Crippen molar-refractivity contribution in [2.75, 3.05) is 0 Å². The van der Waals surface area contributed by atoms with E-state index in [2.05, 4.69) is 86.6 Å². The van der Waals surface area contributed by atoms with Crippen LogP contribution in [0.2, 0.25) is 0 Å². The zero-order valence-electron chi connectivity index (χ0n) is 14.0. The van der Waals surface area contributed by atoms with Crippen molar-refractivity contribution in [1.82, 2.24) is 0 Å². The van der Waals surface area contributed by atoms with Gasteiger partial charge in [0.25, 0.3) is 0 Å². The SMILES string of the molecule is CCc1ccccc1Cc1ccccc1Cc1ccccc1C. The molecule has 0 N–H and O–H groups in total. The zero-order valence-corrected chi connectivity index (χ0v) is 14.0. The Labute approximate surface area is 139 Å². The molecule has 0 aromatic heterocycles. The van der Waals surface area contributed by atoms with Crippen LogP contribution in [-0.2, 0) is 19.3 Å². The monoisotopic (exact) mass is 300 g/mol. The molecule has 23 heavy (non-hydrogen) atoms. The van der Waals surface area contributed by atoms with E-state index in [1.165, 1.54) is 33.4 Å². The second-order valence-electron chi connectivity index (χ2n) is 6.17. The van der Waals surface area contributed by atoms with Crippen molar-refractivity contribution in [3.8, 4) is 0 Å². The minimum atomic E-state index is 1.01. The van der Waals surface area contributed by atoms with E-state index in [0.29, 0.717) is 0 Å². The van der Waals surface area contributed by atoms with Crippen LogP contribution >= 0.6 is 0 Å². The van der Waals surface area contributed by atoms with E-state index in [1.807, 2.05) is 0 Å². The Morgan fingerprint density at radius 1 is 0.522 bits per heavy atom. The first-order chi connectivity index (χ1) is 11.3. The highest BCUT2D eigenvalue weighted by Gasteiger charge is 2.07. The summed E-state index contributed by atoms with van der Waals surface area (Å²) in [6.07, 6.45) is 3.12. The molecule has 0 unspecified atom stereocenters. The van der Waals surface area contributed by atoms with Crippen molar-refractivity contribution in [3.63, 3.8) is 0 Å². The van der Waals surface area contributed by atoms with Gasteiger partial charge in [0, 0.05) is 0 Å². The van der Waals surface area contributed by atoms with Crippen molar-refractivity contribution in [2.45, 2.75) is 33.1 Å². The van der Waals surface area contributed by atoms with Gasteiger partial charge in [-0.1, -0.05) is 79.7 Å². The number of hydrogen-bond donors (Lipinski definition) is 0. The molecule has 0 heterocycles. The smallest absolute Gasteiger partial charge is 0.00202 e. The molecular weight excluding hydrogens is 276 g/mol. The van der Waals surface area contributed by atoms with Gasteiger partial charge in [-0.25, -0.2) is 0 Å². The van der Waals surface area contributed by atoms with Crippen LogP contribution < -0.4 is 0 Å². The predicted octanol–water partition coefficient (Wildman–Crippen LogP) is 5.74. The van der Waals surface area contributed by atoms with Crippen LogP contribution in [0.15, 0.2) is 72.8 Å². The van der Waals surface area contributed by atoms with Crippen molar-refractivity contribution in [3.05, 3.63) is 106 Å². The average molecular weight is 300 g/mol. The molecule has 0 aliphatic heterocycles. The number of benzene rings is 3. The fourth-order valence-electron chi connectivity index (χ4n) is 3.20. The Morgan fingerprint density at radius 2 is 0.913 bits per heavy atom. The molecule has 0 aliphatic carbocycles. The topological polar surface area (TPSA) is 0 Å². The second kappa shape index (κ2) is 7.28. The molecule has 0 saturated carbocycles. The lowest BCUT2D eigenvalue weighted by atomic mass is 9.92. The maximum Gasteiger partial charge on any atom is -0.00202 e. The number of rotatable bonds is 5. The third kappa shape index (κ3) is 3.71. The van der Waals surface area contributed by atoms with E-state index >= 15 is 0 Å². The van der Waals surface area contributed by atoms with Crippen molar-refractivity contribution >= 4 is 0 Å². The maximum absolute atomic E-state index is 2.28. The summed E-state index contributed by atoms with van der Waals surface area (Å²) < 4.78 is 0. The van der Waals surface area contributed by atoms with Crippen LogP contribution in [-0.4, -0.2) is 0 Å². The Morgan fingerprint density at radius 3 is 1.43 bits per heavy atom. The first-order valence-corrected chi connectivity index (χ1v) is 8.46. The highest BCUT2D eigenvalue weighted by atomic mass is 14.1. The van der Waals surface area contributed by atoms with Crippen molar-refractivity contribution < 1.29 is 0 Å². The summed E-state index contributed by atoms with van der Waals surface area (Å²) in [7, 11) is 0. The van der Waals surface area contributed by atoms with E-state index in [0.717, 1.165) is 19.3 Å². The average Bonchev–Trinajstić information content (AvgIpc) is 2.59. The lowest BCUT2D eigenvalue weighted by Crippen LogP contribution is -2.00. The van der Waals surface area contributed by atoms with Gasteiger partial charge in [0.05, 0.1) is 0 Å². The molecule has 0 aliphatic rings. The first kappa shape index (κ1) is 15.6. The minimum absolute atomic E-state index is 1.01. The standard InChI is InChI=1S/C23H24/c1-3-19-11-6-7-13-21(19)17-23-15-9-8-14-22(23)16-20-12-5-4-10-18(20)2/h4-15H,3,16-17H2,1-2H3. The van der Waals surface area contributed by atoms with Gasteiger partial charge in [-0.05, 0) is 59.6 Å². The lowest BCUT2D eigenvalue weighted by molar-refractivity contribution is 1.03. The summed E-state index contributed by atoms with van der Waals surface area (Å²) >= 11 is 0. The van der Waals surface area contributed by atoms with Gasteiger partial charge in [-0.3, -0.25) is 0 Å². The summed E-state index contributed by atoms with van der Waals surface area (Å²) in [5.41, 5.74) is 8.58. The Kier molecular flexibility index (Phi) is 4.92. The van der Waals surface area contributed by atoms with Crippen LogP contribution in [0.1, 0.15) is 40.3 Å².